The first kappa shape index (κ1) is 15.0. The van der Waals surface area contributed by atoms with E-state index >= 15 is 0 Å². The lowest BCUT2D eigenvalue weighted by Gasteiger charge is -2.19. The lowest BCUT2D eigenvalue weighted by Crippen LogP contribution is -2.27. The normalized spacial score (nSPS) is 15.6. The average Bonchev–Trinajstić information content (AvgIpc) is 2.76. The van der Waals surface area contributed by atoms with Crippen molar-refractivity contribution >= 4 is 5.82 Å². The summed E-state index contributed by atoms with van der Waals surface area (Å²) in [5.74, 6) is 2.11. The van der Waals surface area contributed by atoms with Gasteiger partial charge in [-0.25, -0.2) is 15.0 Å². The summed E-state index contributed by atoms with van der Waals surface area (Å²) in [5, 5.41) is 3.44. The number of nitrogens with zero attached hydrogens (tertiary/aromatic N) is 5. The summed E-state index contributed by atoms with van der Waals surface area (Å²) in [4.78, 5) is 15.8. The molecule has 0 unspecified atom stereocenters. The molecule has 0 saturated heterocycles. The van der Waals surface area contributed by atoms with Crippen molar-refractivity contribution in [1.82, 2.24) is 24.4 Å². The van der Waals surface area contributed by atoms with E-state index < -0.39 is 0 Å². The number of rotatable bonds is 4. The fraction of sp³-hybridized carbons (Fsp3) is 0.562. The highest BCUT2D eigenvalue weighted by atomic mass is 15.2. The van der Waals surface area contributed by atoms with Gasteiger partial charge in [-0.15, -0.1) is 0 Å². The van der Waals surface area contributed by atoms with E-state index in [2.05, 4.69) is 43.6 Å². The Kier molecular flexibility index (Phi) is 4.38. The van der Waals surface area contributed by atoms with Crippen LogP contribution in [0.25, 0.3) is 0 Å². The van der Waals surface area contributed by atoms with Gasteiger partial charge in [0.1, 0.15) is 18.0 Å². The molecule has 6 heteroatoms. The molecule has 0 aromatic carbocycles. The van der Waals surface area contributed by atoms with Crippen molar-refractivity contribution in [3.8, 4) is 0 Å². The molecule has 0 fully saturated rings. The molecule has 3 rings (SSSR count). The standard InChI is InChI=1S/C16H24N6/c1-12(2)20-16-13-4-7-22(8-5-14(13)18-11-19-16)10-15-17-6-9-21(15)3/h6,9,11-12H,4-5,7-8,10H2,1-3H3,(H,18,19,20). The minimum Gasteiger partial charge on any atom is -0.368 e. The number of anilines is 1. The zero-order chi connectivity index (χ0) is 15.5. The van der Waals surface area contributed by atoms with E-state index in [0.717, 1.165) is 44.1 Å². The molecule has 3 heterocycles. The van der Waals surface area contributed by atoms with E-state index in [-0.39, 0.29) is 0 Å². The van der Waals surface area contributed by atoms with Crippen LogP contribution < -0.4 is 5.32 Å². The third-order valence-corrected chi connectivity index (χ3v) is 4.09. The Morgan fingerprint density at radius 1 is 1.18 bits per heavy atom. The molecule has 0 aliphatic carbocycles. The quantitative estimate of drug-likeness (QED) is 0.930. The Labute approximate surface area is 131 Å². The van der Waals surface area contributed by atoms with Gasteiger partial charge in [0.05, 0.1) is 12.2 Å². The maximum atomic E-state index is 4.50. The molecule has 0 radical (unpaired) electrons. The largest absolute Gasteiger partial charge is 0.368 e. The van der Waals surface area contributed by atoms with Gasteiger partial charge in [-0.1, -0.05) is 0 Å². The molecule has 1 aliphatic heterocycles. The SMILES string of the molecule is CC(C)Nc1ncnc2c1CCN(Cc1nccn1C)CC2. The van der Waals surface area contributed by atoms with Crippen molar-refractivity contribution in [2.75, 3.05) is 18.4 Å². The lowest BCUT2D eigenvalue weighted by atomic mass is 10.1. The Morgan fingerprint density at radius 2 is 2.00 bits per heavy atom. The van der Waals surface area contributed by atoms with Crippen molar-refractivity contribution in [1.29, 1.82) is 0 Å². The van der Waals surface area contributed by atoms with Crippen LogP contribution in [0.2, 0.25) is 0 Å². The number of aromatic nitrogens is 4. The van der Waals surface area contributed by atoms with Crippen molar-refractivity contribution < 1.29 is 0 Å². The number of imidazole rings is 1. The molecule has 0 atom stereocenters. The minimum atomic E-state index is 0.380. The summed E-state index contributed by atoms with van der Waals surface area (Å²) in [6, 6.07) is 0.380. The van der Waals surface area contributed by atoms with Gasteiger partial charge in [-0.2, -0.15) is 0 Å². The highest BCUT2D eigenvalue weighted by Crippen LogP contribution is 2.21. The molecule has 1 aliphatic rings. The highest BCUT2D eigenvalue weighted by Gasteiger charge is 2.19. The van der Waals surface area contributed by atoms with Crippen molar-refractivity contribution in [3.63, 3.8) is 0 Å². The van der Waals surface area contributed by atoms with Crippen LogP contribution >= 0.6 is 0 Å². The lowest BCUT2D eigenvalue weighted by molar-refractivity contribution is 0.269. The van der Waals surface area contributed by atoms with E-state index in [0.29, 0.717) is 6.04 Å². The maximum absolute atomic E-state index is 4.50. The van der Waals surface area contributed by atoms with Crippen molar-refractivity contribution in [2.45, 2.75) is 39.3 Å². The molecule has 2 aromatic rings. The van der Waals surface area contributed by atoms with E-state index in [4.69, 9.17) is 0 Å². The van der Waals surface area contributed by atoms with Crippen molar-refractivity contribution in [2.24, 2.45) is 7.05 Å². The Morgan fingerprint density at radius 3 is 2.73 bits per heavy atom. The summed E-state index contributed by atoms with van der Waals surface area (Å²) in [6.07, 6.45) is 7.48. The number of nitrogens with one attached hydrogen (secondary N) is 1. The molecule has 22 heavy (non-hydrogen) atoms. The van der Waals surface area contributed by atoms with Crippen LogP contribution in [-0.4, -0.2) is 43.6 Å². The second-order valence-corrected chi connectivity index (χ2v) is 6.18. The molecular formula is C16H24N6. The Balaban J connectivity index is 1.73. The smallest absolute Gasteiger partial charge is 0.133 e. The first-order chi connectivity index (χ1) is 10.6. The van der Waals surface area contributed by atoms with Gasteiger partial charge in [0.15, 0.2) is 0 Å². The molecular weight excluding hydrogens is 276 g/mol. The predicted molar refractivity (Wildman–Crippen MR) is 86.7 cm³/mol. The molecule has 0 saturated carbocycles. The maximum Gasteiger partial charge on any atom is 0.133 e. The van der Waals surface area contributed by atoms with Crippen LogP contribution in [0.1, 0.15) is 30.9 Å². The van der Waals surface area contributed by atoms with E-state index in [9.17, 15) is 0 Å². The summed E-state index contributed by atoms with van der Waals surface area (Å²) in [5.41, 5.74) is 2.46. The van der Waals surface area contributed by atoms with Gasteiger partial charge in [-0.3, -0.25) is 4.90 Å². The number of hydrogen-bond donors (Lipinski definition) is 1. The van der Waals surface area contributed by atoms with E-state index in [1.807, 2.05) is 19.4 Å². The van der Waals surface area contributed by atoms with Crippen LogP contribution in [0.5, 0.6) is 0 Å². The third-order valence-electron chi connectivity index (χ3n) is 4.09. The molecule has 6 nitrogen and oxygen atoms in total. The van der Waals surface area contributed by atoms with Crippen molar-refractivity contribution in [3.05, 3.63) is 35.8 Å². The zero-order valence-corrected chi connectivity index (χ0v) is 13.6. The monoisotopic (exact) mass is 300 g/mol. The number of aryl methyl sites for hydroxylation is 1. The van der Waals surface area contributed by atoms with Gasteiger partial charge >= 0.3 is 0 Å². The average molecular weight is 300 g/mol. The van der Waals surface area contributed by atoms with Crippen LogP contribution in [0.3, 0.4) is 0 Å². The Bertz CT molecular complexity index is 633. The molecule has 1 N–H and O–H groups in total. The van der Waals surface area contributed by atoms with Gasteiger partial charge in [0.2, 0.25) is 0 Å². The molecule has 118 valence electrons. The summed E-state index contributed by atoms with van der Waals surface area (Å²) < 4.78 is 2.09. The fourth-order valence-electron chi connectivity index (χ4n) is 2.88. The van der Waals surface area contributed by atoms with Gasteiger partial charge in [-0.05, 0) is 20.3 Å². The highest BCUT2D eigenvalue weighted by molar-refractivity contribution is 5.47. The number of hydrogen-bond acceptors (Lipinski definition) is 5. The summed E-state index contributed by atoms with van der Waals surface area (Å²) in [7, 11) is 2.05. The summed E-state index contributed by atoms with van der Waals surface area (Å²) in [6.45, 7) is 7.19. The number of fused-ring (bicyclic) bond motifs is 1. The van der Waals surface area contributed by atoms with Crippen LogP contribution in [0, 0.1) is 0 Å². The fourth-order valence-corrected chi connectivity index (χ4v) is 2.88. The molecule has 0 spiro atoms. The predicted octanol–water partition coefficient (Wildman–Crippen LogP) is 1.63. The second-order valence-electron chi connectivity index (χ2n) is 6.18. The van der Waals surface area contributed by atoms with Gasteiger partial charge in [0, 0.05) is 50.6 Å². The first-order valence-corrected chi connectivity index (χ1v) is 7.91. The molecule has 0 bridgehead atoms. The molecule has 2 aromatic heterocycles. The summed E-state index contributed by atoms with van der Waals surface area (Å²) >= 11 is 0. The second kappa shape index (κ2) is 6.44. The first-order valence-electron chi connectivity index (χ1n) is 7.91. The minimum absolute atomic E-state index is 0.380. The van der Waals surface area contributed by atoms with Crippen LogP contribution in [0.15, 0.2) is 18.7 Å². The van der Waals surface area contributed by atoms with Gasteiger partial charge in [0.25, 0.3) is 0 Å². The van der Waals surface area contributed by atoms with Crippen LogP contribution in [-0.2, 0) is 26.4 Å². The topological polar surface area (TPSA) is 58.9 Å². The van der Waals surface area contributed by atoms with E-state index in [1.165, 1.54) is 11.3 Å². The van der Waals surface area contributed by atoms with Crippen LogP contribution in [0.4, 0.5) is 5.82 Å². The zero-order valence-electron chi connectivity index (χ0n) is 13.6. The molecule has 0 amide bonds. The third kappa shape index (κ3) is 3.27. The van der Waals surface area contributed by atoms with Gasteiger partial charge < -0.3 is 9.88 Å². The Hall–Kier alpha value is -1.95. The van der Waals surface area contributed by atoms with E-state index in [1.54, 1.807) is 6.33 Å².